The Kier molecular flexibility index (Phi) is 15.2. The number of aliphatic imine (C=N–C) groups is 1. The fourth-order valence-corrected chi connectivity index (χ4v) is 3.07. The number of nitrogens with two attached hydrogens (primary N) is 4. The van der Waals surface area contributed by atoms with Crippen LogP contribution in [-0.2, 0) is 19.2 Å². The minimum atomic E-state index is -1.18. The first-order valence-electron chi connectivity index (χ1n) is 11.5. The Morgan fingerprint density at radius 1 is 0.824 bits per heavy atom. The minimum absolute atomic E-state index is 0.0669. The van der Waals surface area contributed by atoms with Gasteiger partial charge in [0.25, 0.3) is 0 Å². The van der Waals surface area contributed by atoms with Crippen LogP contribution in [0.1, 0.15) is 59.3 Å². The summed E-state index contributed by atoms with van der Waals surface area (Å²) in [4.78, 5) is 53.4. The van der Waals surface area contributed by atoms with Gasteiger partial charge in [-0.2, -0.15) is 0 Å². The summed E-state index contributed by atoms with van der Waals surface area (Å²) < 4.78 is 0. The fourth-order valence-electron chi connectivity index (χ4n) is 3.07. The monoisotopic (exact) mass is 486 g/mol. The highest BCUT2D eigenvalue weighted by Gasteiger charge is 2.30. The van der Waals surface area contributed by atoms with Crippen molar-refractivity contribution in [2.24, 2.45) is 33.8 Å². The van der Waals surface area contributed by atoms with E-state index in [0.717, 1.165) is 0 Å². The summed E-state index contributed by atoms with van der Waals surface area (Å²) >= 11 is 0. The van der Waals surface area contributed by atoms with Crippen LogP contribution in [0.25, 0.3) is 0 Å². The Morgan fingerprint density at radius 2 is 1.35 bits per heavy atom. The molecule has 0 aromatic heterocycles. The molecule has 0 aliphatic rings. The predicted molar refractivity (Wildman–Crippen MR) is 129 cm³/mol. The van der Waals surface area contributed by atoms with E-state index in [2.05, 4.69) is 20.9 Å². The third-order valence-electron chi connectivity index (χ3n) is 4.89. The van der Waals surface area contributed by atoms with Crippen molar-refractivity contribution in [3.05, 3.63) is 0 Å². The average Bonchev–Trinajstić information content (AvgIpc) is 2.73. The van der Waals surface area contributed by atoms with Gasteiger partial charge in [0.15, 0.2) is 5.96 Å². The number of carboxylic acids is 1. The summed E-state index contributed by atoms with van der Waals surface area (Å²) in [6.45, 7) is 5.90. The molecule has 0 spiro atoms. The molecule has 0 saturated heterocycles. The summed E-state index contributed by atoms with van der Waals surface area (Å²) in [6, 6.07) is -3.90. The lowest BCUT2D eigenvalue weighted by atomic mass is 10.0. The molecule has 0 rings (SSSR count). The Labute approximate surface area is 200 Å². The molecule has 0 saturated carbocycles. The van der Waals surface area contributed by atoms with Gasteiger partial charge in [0, 0.05) is 6.54 Å². The predicted octanol–water partition coefficient (Wildman–Crippen LogP) is -1.90. The zero-order valence-corrected chi connectivity index (χ0v) is 20.4. The Morgan fingerprint density at radius 3 is 1.85 bits per heavy atom. The quantitative estimate of drug-likeness (QED) is 0.0649. The molecule has 0 bridgehead atoms. The van der Waals surface area contributed by atoms with Crippen molar-refractivity contribution in [3.63, 3.8) is 0 Å². The van der Waals surface area contributed by atoms with E-state index in [9.17, 15) is 24.3 Å². The van der Waals surface area contributed by atoms with Gasteiger partial charge < -0.3 is 44.0 Å². The summed E-state index contributed by atoms with van der Waals surface area (Å²) in [5, 5.41) is 17.2. The van der Waals surface area contributed by atoms with E-state index < -0.39 is 47.9 Å². The first-order valence-corrected chi connectivity index (χ1v) is 11.5. The molecule has 13 nitrogen and oxygen atoms in total. The van der Waals surface area contributed by atoms with Gasteiger partial charge in [-0.15, -0.1) is 0 Å². The van der Waals surface area contributed by atoms with Crippen LogP contribution in [0.2, 0.25) is 0 Å². The molecule has 196 valence electrons. The molecule has 0 aromatic carbocycles. The molecule has 34 heavy (non-hydrogen) atoms. The molecule has 13 heteroatoms. The smallest absolute Gasteiger partial charge is 0.326 e. The van der Waals surface area contributed by atoms with Crippen LogP contribution >= 0.6 is 0 Å². The number of carbonyl (C=O) groups excluding carboxylic acids is 3. The number of guanidine groups is 1. The second kappa shape index (κ2) is 16.6. The van der Waals surface area contributed by atoms with Crippen molar-refractivity contribution < 1.29 is 24.3 Å². The summed E-state index contributed by atoms with van der Waals surface area (Å²) in [5.74, 6) is -2.94. The van der Waals surface area contributed by atoms with Gasteiger partial charge in [-0.25, -0.2) is 4.79 Å². The van der Waals surface area contributed by atoms with Gasteiger partial charge in [-0.05, 0) is 57.9 Å². The van der Waals surface area contributed by atoms with E-state index in [4.69, 9.17) is 22.9 Å². The van der Waals surface area contributed by atoms with Gasteiger partial charge in [0.1, 0.15) is 18.1 Å². The Hall–Kier alpha value is -2.93. The van der Waals surface area contributed by atoms with Crippen LogP contribution < -0.4 is 38.9 Å². The summed E-state index contributed by atoms with van der Waals surface area (Å²) in [5.41, 5.74) is 21.7. The number of nitrogens with zero attached hydrogens (tertiary/aromatic N) is 1. The highest BCUT2D eigenvalue weighted by atomic mass is 16.4. The van der Waals surface area contributed by atoms with Crippen LogP contribution in [0.5, 0.6) is 0 Å². The van der Waals surface area contributed by atoms with Crippen molar-refractivity contribution >= 4 is 29.7 Å². The zero-order valence-electron chi connectivity index (χ0n) is 20.4. The molecule has 0 fully saturated rings. The van der Waals surface area contributed by atoms with Crippen LogP contribution in [0.15, 0.2) is 4.99 Å². The normalized spacial score (nSPS) is 14.4. The average molecular weight is 487 g/mol. The third-order valence-corrected chi connectivity index (χ3v) is 4.89. The number of hydrogen-bond acceptors (Lipinski definition) is 7. The standard InChI is InChI=1S/C21H42N8O5/c1-12(2)11-16(29-17(30)13(3)23)19(32)27-14(8-6-10-26-21(24)25)18(31)28-15(20(33)34)7-4-5-9-22/h12-16H,4-11,22-23H2,1-3H3,(H,27,32)(H,28,31)(H,29,30)(H,33,34)(H4,24,25,26). The van der Waals surface area contributed by atoms with E-state index in [-0.39, 0.29) is 31.3 Å². The molecule has 0 aromatic rings. The molecular weight excluding hydrogens is 444 g/mol. The van der Waals surface area contributed by atoms with Crippen LogP contribution in [0, 0.1) is 5.92 Å². The molecule has 4 atom stereocenters. The maximum atomic E-state index is 13.0. The molecule has 12 N–H and O–H groups in total. The van der Waals surface area contributed by atoms with Crippen LogP contribution in [0.4, 0.5) is 0 Å². The zero-order chi connectivity index (χ0) is 26.3. The molecule has 0 aliphatic carbocycles. The molecule has 0 radical (unpaired) electrons. The molecule has 0 heterocycles. The maximum Gasteiger partial charge on any atom is 0.326 e. The van der Waals surface area contributed by atoms with E-state index >= 15 is 0 Å². The van der Waals surface area contributed by atoms with Gasteiger partial charge in [-0.1, -0.05) is 13.8 Å². The minimum Gasteiger partial charge on any atom is -0.480 e. The van der Waals surface area contributed by atoms with E-state index in [0.29, 0.717) is 32.2 Å². The molecule has 0 aliphatic heterocycles. The third kappa shape index (κ3) is 13.6. The Bertz CT molecular complexity index is 695. The van der Waals surface area contributed by atoms with Crippen molar-refractivity contribution in [1.29, 1.82) is 0 Å². The number of rotatable bonds is 17. The number of unbranched alkanes of at least 4 members (excludes halogenated alkanes) is 1. The first-order chi connectivity index (χ1) is 15.9. The lowest BCUT2D eigenvalue weighted by molar-refractivity contribution is -0.142. The number of nitrogens with one attached hydrogen (secondary N) is 3. The number of hydrogen-bond donors (Lipinski definition) is 8. The Balaban J connectivity index is 5.51. The van der Waals surface area contributed by atoms with Crippen molar-refractivity contribution in [2.45, 2.75) is 83.5 Å². The molecular formula is C21H42N8O5. The largest absolute Gasteiger partial charge is 0.480 e. The lowest BCUT2D eigenvalue weighted by Crippen LogP contribution is -2.57. The number of carboxylic acid groups (broad SMARTS) is 1. The number of aliphatic carboxylic acids is 1. The number of carbonyl (C=O) groups is 4. The highest BCUT2D eigenvalue weighted by molar-refractivity contribution is 5.94. The summed E-state index contributed by atoms with van der Waals surface area (Å²) in [6.07, 6.45) is 2.17. The van der Waals surface area contributed by atoms with E-state index in [1.165, 1.54) is 6.92 Å². The van der Waals surface area contributed by atoms with E-state index in [1.807, 2.05) is 13.8 Å². The van der Waals surface area contributed by atoms with Crippen molar-refractivity contribution in [3.8, 4) is 0 Å². The maximum absolute atomic E-state index is 13.0. The van der Waals surface area contributed by atoms with Crippen LogP contribution in [0.3, 0.4) is 0 Å². The first kappa shape index (κ1) is 31.1. The SMILES string of the molecule is CC(C)CC(NC(=O)C(C)N)C(=O)NC(CCCN=C(N)N)C(=O)NC(CCCCN)C(=O)O. The fraction of sp³-hybridized carbons (Fsp3) is 0.762. The summed E-state index contributed by atoms with van der Waals surface area (Å²) in [7, 11) is 0. The second-order valence-corrected chi connectivity index (χ2v) is 8.67. The van der Waals surface area contributed by atoms with Crippen molar-refractivity contribution in [1.82, 2.24) is 16.0 Å². The van der Waals surface area contributed by atoms with E-state index in [1.54, 1.807) is 0 Å². The topological polar surface area (TPSA) is 241 Å². The lowest BCUT2D eigenvalue weighted by Gasteiger charge is -2.25. The van der Waals surface area contributed by atoms with Gasteiger partial charge in [0.05, 0.1) is 6.04 Å². The second-order valence-electron chi connectivity index (χ2n) is 8.67. The van der Waals surface area contributed by atoms with Crippen molar-refractivity contribution in [2.75, 3.05) is 13.1 Å². The molecule has 4 unspecified atom stereocenters. The van der Waals surface area contributed by atoms with Gasteiger partial charge in [-0.3, -0.25) is 19.4 Å². The number of amides is 3. The molecule has 3 amide bonds. The van der Waals surface area contributed by atoms with Gasteiger partial charge in [0.2, 0.25) is 17.7 Å². The highest BCUT2D eigenvalue weighted by Crippen LogP contribution is 2.08. The van der Waals surface area contributed by atoms with Crippen LogP contribution in [-0.4, -0.2) is 72.0 Å². The van der Waals surface area contributed by atoms with Gasteiger partial charge >= 0.3 is 5.97 Å².